The molecule has 0 aromatic carbocycles. The molecular weight excluding hydrogens is 343 g/mol. The Morgan fingerprint density at radius 1 is 1.29 bits per heavy atom. The zero-order chi connectivity index (χ0) is 17.8. The van der Waals surface area contributed by atoms with Gasteiger partial charge < -0.3 is 9.64 Å². The Balaban J connectivity index is 1.44. The van der Waals surface area contributed by atoms with E-state index in [0.717, 1.165) is 13.1 Å². The average molecular weight is 363 g/mol. The first-order valence-electron chi connectivity index (χ1n) is 7.68. The van der Waals surface area contributed by atoms with Gasteiger partial charge in [-0.25, -0.2) is 9.78 Å². The van der Waals surface area contributed by atoms with E-state index in [1.54, 1.807) is 4.90 Å². The number of alkyl halides is 3. The van der Waals surface area contributed by atoms with Gasteiger partial charge in [-0.1, -0.05) is 0 Å². The summed E-state index contributed by atoms with van der Waals surface area (Å²) in [5.74, 6) is 0. The number of aromatic nitrogens is 1. The van der Waals surface area contributed by atoms with E-state index in [1.807, 2.05) is 20.8 Å². The Kier molecular flexibility index (Phi) is 4.07. The Bertz CT molecular complexity index is 625. The van der Waals surface area contributed by atoms with Gasteiger partial charge in [0.1, 0.15) is 5.60 Å². The number of rotatable bonds is 2. The molecule has 134 valence electrons. The highest BCUT2D eigenvalue weighted by Gasteiger charge is 2.53. The summed E-state index contributed by atoms with van der Waals surface area (Å²) in [5, 5.41) is -0.799. The molecule has 9 heteroatoms. The fourth-order valence-corrected chi connectivity index (χ4v) is 3.99. The molecule has 2 aliphatic heterocycles. The number of halogens is 3. The van der Waals surface area contributed by atoms with Gasteiger partial charge in [-0.05, 0) is 20.8 Å². The topological polar surface area (TPSA) is 45.7 Å². The number of likely N-dealkylation sites (tertiary alicyclic amines) is 2. The van der Waals surface area contributed by atoms with Crippen LogP contribution in [0.3, 0.4) is 0 Å². The SMILES string of the molecule is CC(C)(C)OC(=O)N1CC2(CN(Cc3cnc(C(F)(F)F)s3)C2)C1. The van der Waals surface area contributed by atoms with Crippen LogP contribution >= 0.6 is 11.3 Å². The second kappa shape index (κ2) is 5.59. The maximum Gasteiger partial charge on any atom is 0.443 e. The molecule has 0 N–H and O–H groups in total. The molecule has 3 heterocycles. The molecule has 2 saturated heterocycles. The second-order valence-electron chi connectivity index (χ2n) is 7.61. The predicted octanol–water partition coefficient (Wildman–Crippen LogP) is 3.21. The van der Waals surface area contributed by atoms with Crippen LogP contribution in [0.5, 0.6) is 0 Å². The number of thiazole rings is 1. The van der Waals surface area contributed by atoms with E-state index in [4.69, 9.17) is 4.74 Å². The lowest BCUT2D eigenvalue weighted by Gasteiger charge is -2.59. The molecular formula is C15H20F3N3O2S. The Morgan fingerprint density at radius 2 is 1.92 bits per heavy atom. The van der Waals surface area contributed by atoms with Gasteiger partial charge in [-0.3, -0.25) is 4.90 Å². The third-order valence-corrected chi connectivity index (χ3v) is 5.02. The molecule has 1 aromatic heterocycles. The van der Waals surface area contributed by atoms with Crippen LogP contribution in [0.15, 0.2) is 6.20 Å². The van der Waals surface area contributed by atoms with Crippen LogP contribution in [-0.4, -0.2) is 52.7 Å². The Labute approximate surface area is 142 Å². The minimum atomic E-state index is -4.37. The summed E-state index contributed by atoms with van der Waals surface area (Å²) in [6.07, 6.45) is -3.38. The monoisotopic (exact) mass is 363 g/mol. The standard InChI is InChI=1S/C15H20F3N3O2S/c1-13(2,3)23-12(22)21-8-14(9-21)6-20(7-14)5-10-4-19-11(24-10)15(16,17)18/h4H,5-9H2,1-3H3. The first kappa shape index (κ1) is 17.5. The number of carbonyl (C=O) groups is 1. The molecule has 2 aliphatic rings. The largest absolute Gasteiger partial charge is 0.444 e. The first-order valence-corrected chi connectivity index (χ1v) is 8.50. The minimum absolute atomic E-state index is 0.0778. The van der Waals surface area contributed by atoms with E-state index in [2.05, 4.69) is 9.88 Å². The van der Waals surface area contributed by atoms with Gasteiger partial charge >= 0.3 is 12.3 Å². The van der Waals surface area contributed by atoms with Gasteiger partial charge in [0.25, 0.3) is 0 Å². The van der Waals surface area contributed by atoms with Gasteiger partial charge in [0.15, 0.2) is 5.01 Å². The summed E-state index contributed by atoms with van der Waals surface area (Å²) in [6.45, 7) is 8.82. The minimum Gasteiger partial charge on any atom is -0.444 e. The molecule has 24 heavy (non-hydrogen) atoms. The van der Waals surface area contributed by atoms with Crippen molar-refractivity contribution in [3.8, 4) is 0 Å². The van der Waals surface area contributed by atoms with Crippen molar-refractivity contribution in [3.05, 3.63) is 16.1 Å². The Hall–Kier alpha value is -1.35. The van der Waals surface area contributed by atoms with Crippen LogP contribution in [0.4, 0.5) is 18.0 Å². The van der Waals surface area contributed by atoms with Crippen LogP contribution in [0.25, 0.3) is 0 Å². The molecule has 3 rings (SSSR count). The highest BCUT2D eigenvalue weighted by atomic mass is 32.1. The zero-order valence-corrected chi connectivity index (χ0v) is 14.6. The van der Waals surface area contributed by atoms with Crippen LogP contribution < -0.4 is 0 Å². The fraction of sp³-hybridized carbons (Fsp3) is 0.733. The highest BCUT2D eigenvalue weighted by molar-refractivity contribution is 7.11. The molecule has 5 nitrogen and oxygen atoms in total. The zero-order valence-electron chi connectivity index (χ0n) is 13.8. The van der Waals surface area contributed by atoms with Gasteiger partial charge in [0.05, 0.1) is 0 Å². The number of carbonyl (C=O) groups excluding carboxylic acids is 1. The number of hydrogen-bond donors (Lipinski definition) is 0. The summed E-state index contributed by atoms with van der Waals surface area (Å²) >= 11 is 0.693. The van der Waals surface area contributed by atoms with Crippen LogP contribution in [0, 0.1) is 5.41 Å². The van der Waals surface area contributed by atoms with Crippen molar-refractivity contribution in [1.82, 2.24) is 14.8 Å². The van der Waals surface area contributed by atoms with Crippen molar-refractivity contribution in [3.63, 3.8) is 0 Å². The molecule has 0 unspecified atom stereocenters. The predicted molar refractivity (Wildman–Crippen MR) is 82.6 cm³/mol. The molecule has 1 aromatic rings. The van der Waals surface area contributed by atoms with Crippen molar-refractivity contribution < 1.29 is 22.7 Å². The van der Waals surface area contributed by atoms with Gasteiger partial charge in [-0.2, -0.15) is 13.2 Å². The van der Waals surface area contributed by atoms with Gasteiger partial charge in [0.2, 0.25) is 0 Å². The van der Waals surface area contributed by atoms with Gasteiger partial charge in [-0.15, -0.1) is 11.3 Å². The van der Waals surface area contributed by atoms with Crippen molar-refractivity contribution in [1.29, 1.82) is 0 Å². The first-order chi connectivity index (χ1) is 11.0. The number of nitrogens with zero attached hydrogens (tertiary/aromatic N) is 3. The number of ether oxygens (including phenoxy) is 1. The fourth-order valence-electron chi connectivity index (χ4n) is 3.17. The summed E-state index contributed by atoms with van der Waals surface area (Å²) in [7, 11) is 0. The highest BCUT2D eigenvalue weighted by Crippen LogP contribution is 2.41. The van der Waals surface area contributed by atoms with Crippen molar-refractivity contribution >= 4 is 17.4 Å². The summed E-state index contributed by atoms with van der Waals surface area (Å²) in [5.41, 5.74) is -0.428. The molecule has 2 fully saturated rings. The van der Waals surface area contributed by atoms with E-state index >= 15 is 0 Å². The number of hydrogen-bond acceptors (Lipinski definition) is 5. The lowest BCUT2D eigenvalue weighted by atomic mass is 9.73. The molecule has 0 radical (unpaired) electrons. The van der Waals surface area contributed by atoms with E-state index in [-0.39, 0.29) is 11.5 Å². The third kappa shape index (κ3) is 3.66. The lowest BCUT2D eigenvalue weighted by Crippen LogP contribution is -2.72. The smallest absolute Gasteiger partial charge is 0.443 e. The summed E-state index contributed by atoms with van der Waals surface area (Å²) in [6, 6.07) is 0. The average Bonchev–Trinajstić information content (AvgIpc) is 2.75. The third-order valence-electron chi connectivity index (χ3n) is 4.00. The molecule has 1 spiro atoms. The van der Waals surface area contributed by atoms with E-state index in [9.17, 15) is 18.0 Å². The quantitative estimate of drug-likeness (QED) is 0.809. The van der Waals surface area contributed by atoms with E-state index < -0.39 is 16.8 Å². The van der Waals surface area contributed by atoms with E-state index in [0.29, 0.717) is 35.8 Å². The summed E-state index contributed by atoms with van der Waals surface area (Å²) in [4.78, 5) is 19.7. The molecule has 0 saturated carbocycles. The number of amides is 1. The van der Waals surface area contributed by atoms with Crippen LogP contribution in [0.2, 0.25) is 0 Å². The molecule has 1 amide bonds. The maximum absolute atomic E-state index is 12.5. The Morgan fingerprint density at radius 3 is 2.42 bits per heavy atom. The second-order valence-corrected chi connectivity index (χ2v) is 8.73. The normalized spacial score (nSPS) is 20.7. The van der Waals surface area contributed by atoms with Crippen LogP contribution in [-0.2, 0) is 17.5 Å². The van der Waals surface area contributed by atoms with Crippen molar-refractivity contribution in [2.24, 2.45) is 5.41 Å². The summed E-state index contributed by atoms with van der Waals surface area (Å²) < 4.78 is 42.9. The van der Waals surface area contributed by atoms with Crippen molar-refractivity contribution in [2.45, 2.75) is 39.1 Å². The van der Waals surface area contributed by atoms with Crippen molar-refractivity contribution in [2.75, 3.05) is 26.2 Å². The molecule has 0 aliphatic carbocycles. The maximum atomic E-state index is 12.5. The van der Waals surface area contributed by atoms with Crippen LogP contribution in [0.1, 0.15) is 30.7 Å². The molecule has 0 bridgehead atoms. The van der Waals surface area contributed by atoms with Gasteiger partial charge in [0, 0.05) is 49.2 Å². The van der Waals surface area contributed by atoms with E-state index in [1.165, 1.54) is 6.20 Å². The molecule has 0 atom stereocenters. The lowest BCUT2D eigenvalue weighted by molar-refractivity contribution is -0.137.